The van der Waals surface area contributed by atoms with Gasteiger partial charge in [-0.25, -0.2) is 4.98 Å². The predicted molar refractivity (Wildman–Crippen MR) is 70.8 cm³/mol. The van der Waals surface area contributed by atoms with Crippen LogP contribution in [0.2, 0.25) is 0 Å². The average Bonchev–Trinajstić information content (AvgIpc) is 2.51. The van der Waals surface area contributed by atoms with Crippen molar-refractivity contribution in [3.05, 3.63) is 22.3 Å². The lowest BCUT2D eigenvalue weighted by molar-refractivity contribution is 0.633. The first kappa shape index (κ1) is 11.9. The quantitative estimate of drug-likeness (QED) is 0.876. The minimum atomic E-state index is 0.494. The molecule has 0 spiro atoms. The molecule has 0 saturated carbocycles. The van der Waals surface area contributed by atoms with Gasteiger partial charge in [-0.3, -0.25) is 0 Å². The molecule has 16 heavy (non-hydrogen) atoms. The molecule has 0 radical (unpaired) electrons. The van der Waals surface area contributed by atoms with E-state index in [9.17, 15) is 0 Å². The van der Waals surface area contributed by atoms with E-state index in [0.29, 0.717) is 6.04 Å². The molecule has 0 aliphatic carbocycles. The summed E-state index contributed by atoms with van der Waals surface area (Å²) in [5.74, 6) is 0.958. The van der Waals surface area contributed by atoms with Crippen LogP contribution in [0.5, 0.6) is 0 Å². The molecule has 2 heterocycles. The fourth-order valence-electron chi connectivity index (χ4n) is 1.98. The summed E-state index contributed by atoms with van der Waals surface area (Å²) in [6.07, 6.45) is 5.68. The molecule has 3 nitrogen and oxygen atoms in total. The Kier molecular flexibility index (Phi) is 4.18. The topological polar surface area (TPSA) is 37.0 Å². The maximum Gasteiger partial charge on any atom is 0.140 e. The van der Waals surface area contributed by atoms with Gasteiger partial charge in [-0.05, 0) is 53.9 Å². The van der Waals surface area contributed by atoms with Gasteiger partial charge in [0.05, 0.1) is 4.47 Å². The van der Waals surface area contributed by atoms with Gasteiger partial charge in [-0.15, -0.1) is 0 Å². The molecule has 0 aromatic carbocycles. The van der Waals surface area contributed by atoms with Gasteiger partial charge in [0.25, 0.3) is 0 Å². The molecular formula is C12H18BrN3. The Morgan fingerprint density at radius 1 is 1.50 bits per heavy atom. The van der Waals surface area contributed by atoms with Gasteiger partial charge in [-0.1, -0.05) is 6.42 Å². The first-order valence-corrected chi connectivity index (χ1v) is 6.64. The average molecular weight is 284 g/mol. The molecule has 2 N–H and O–H groups in total. The molecule has 1 aliphatic rings. The van der Waals surface area contributed by atoms with Crippen molar-refractivity contribution in [2.24, 2.45) is 0 Å². The lowest BCUT2D eigenvalue weighted by Crippen LogP contribution is -2.31. The zero-order chi connectivity index (χ0) is 11.4. The number of pyridine rings is 1. The number of aromatic nitrogens is 1. The van der Waals surface area contributed by atoms with Gasteiger partial charge in [0.15, 0.2) is 0 Å². The first-order chi connectivity index (χ1) is 7.75. The monoisotopic (exact) mass is 283 g/mol. The number of rotatable bonds is 2. The molecule has 2 rings (SSSR count). The highest BCUT2D eigenvalue weighted by atomic mass is 79.9. The number of hydrogen-bond donors (Lipinski definition) is 2. The van der Waals surface area contributed by atoms with E-state index in [2.05, 4.69) is 44.5 Å². The molecule has 1 aromatic rings. The second kappa shape index (κ2) is 5.64. The molecule has 0 amide bonds. The number of aryl methyl sites for hydroxylation is 1. The highest BCUT2D eigenvalue weighted by molar-refractivity contribution is 9.10. The number of nitrogens with zero attached hydrogens (tertiary/aromatic N) is 1. The van der Waals surface area contributed by atoms with Crippen molar-refractivity contribution in [2.75, 3.05) is 18.4 Å². The van der Waals surface area contributed by atoms with Gasteiger partial charge < -0.3 is 10.6 Å². The third-order valence-corrected chi connectivity index (χ3v) is 3.47. The van der Waals surface area contributed by atoms with Crippen LogP contribution in [0.15, 0.2) is 16.7 Å². The minimum Gasteiger partial charge on any atom is -0.365 e. The maximum absolute atomic E-state index is 4.42. The highest BCUT2D eigenvalue weighted by Gasteiger charge is 2.13. The second-order valence-corrected chi connectivity index (χ2v) is 5.24. The molecule has 1 unspecified atom stereocenters. The number of nitrogens with one attached hydrogen (secondary N) is 2. The number of halogens is 1. The van der Waals surface area contributed by atoms with E-state index in [-0.39, 0.29) is 0 Å². The van der Waals surface area contributed by atoms with Gasteiger partial charge >= 0.3 is 0 Å². The van der Waals surface area contributed by atoms with E-state index in [1.165, 1.54) is 24.8 Å². The Bertz CT molecular complexity index is 346. The Morgan fingerprint density at radius 3 is 3.19 bits per heavy atom. The van der Waals surface area contributed by atoms with E-state index in [4.69, 9.17) is 0 Å². The highest BCUT2D eigenvalue weighted by Crippen LogP contribution is 2.22. The Balaban J connectivity index is 2.01. The van der Waals surface area contributed by atoms with Crippen LogP contribution in [0, 0.1) is 6.92 Å². The van der Waals surface area contributed by atoms with Crippen molar-refractivity contribution in [3.8, 4) is 0 Å². The van der Waals surface area contributed by atoms with Crippen LogP contribution >= 0.6 is 15.9 Å². The lowest BCUT2D eigenvalue weighted by Gasteiger charge is -2.18. The molecule has 1 fully saturated rings. The van der Waals surface area contributed by atoms with Crippen molar-refractivity contribution in [1.82, 2.24) is 10.3 Å². The van der Waals surface area contributed by atoms with E-state index in [1.807, 2.05) is 6.20 Å². The second-order valence-electron chi connectivity index (χ2n) is 4.38. The molecule has 1 atom stereocenters. The van der Waals surface area contributed by atoms with Gasteiger partial charge in [-0.2, -0.15) is 0 Å². The van der Waals surface area contributed by atoms with Crippen LogP contribution in [0.1, 0.15) is 24.8 Å². The summed E-state index contributed by atoms with van der Waals surface area (Å²) in [7, 11) is 0. The summed E-state index contributed by atoms with van der Waals surface area (Å²) in [5.41, 5.74) is 1.18. The Morgan fingerprint density at radius 2 is 2.38 bits per heavy atom. The molecular weight excluding hydrogens is 266 g/mol. The number of hydrogen-bond acceptors (Lipinski definition) is 3. The van der Waals surface area contributed by atoms with Crippen molar-refractivity contribution in [1.29, 1.82) is 0 Å². The zero-order valence-corrected chi connectivity index (χ0v) is 11.2. The summed E-state index contributed by atoms with van der Waals surface area (Å²) < 4.78 is 1.05. The zero-order valence-electron chi connectivity index (χ0n) is 9.59. The van der Waals surface area contributed by atoms with E-state index in [1.54, 1.807) is 0 Å². The lowest BCUT2D eigenvalue weighted by atomic mass is 10.1. The largest absolute Gasteiger partial charge is 0.365 e. The van der Waals surface area contributed by atoms with Gasteiger partial charge in [0.1, 0.15) is 5.82 Å². The molecule has 1 aliphatic heterocycles. The molecule has 0 bridgehead atoms. The fraction of sp³-hybridized carbons (Fsp3) is 0.583. The Hall–Kier alpha value is -0.610. The number of anilines is 1. The van der Waals surface area contributed by atoms with Crippen molar-refractivity contribution < 1.29 is 0 Å². The third kappa shape index (κ3) is 3.19. The van der Waals surface area contributed by atoms with Gasteiger partial charge in [0, 0.05) is 18.8 Å². The van der Waals surface area contributed by atoms with Crippen molar-refractivity contribution >= 4 is 21.7 Å². The summed E-state index contributed by atoms with van der Waals surface area (Å²) in [5, 5.41) is 6.94. The SMILES string of the molecule is Cc1cnc(NC2CCCCNC2)c(Br)c1. The van der Waals surface area contributed by atoms with Crippen LogP contribution in [0.4, 0.5) is 5.82 Å². The first-order valence-electron chi connectivity index (χ1n) is 5.85. The van der Waals surface area contributed by atoms with E-state index < -0.39 is 0 Å². The van der Waals surface area contributed by atoms with Gasteiger partial charge in [0.2, 0.25) is 0 Å². The molecule has 1 aromatic heterocycles. The standard InChI is InChI=1S/C12H18BrN3/c1-9-6-11(13)12(15-7-9)16-10-4-2-3-5-14-8-10/h6-7,10,14H,2-5,8H2,1H3,(H,15,16). The molecule has 1 saturated heterocycles. The predicted octanol–water partition coefficient (Wildman–Crippen LogP) is 2.71. The van der Waals surface area contributed by atoms with Crippen molar-refractivity contribution in [3.63, 3.8) is 0 Å². The summed E-state index contributed by atoms with van der Waals surface area (Å²) >= 11 is 3.55. The molecule has 4 heteroatoms. The summed E-state index contributed by atoms with van der Waals surface area (Å²) in [4.78, 5) is 4.42. The fourth-order valence-corrected chi connectivity index (χ4v) is 2.55. The Labute approximate surface area is 105 Å². The smallest absolute Gasteiger partial charge is 0.140 e. The van der Waals surface area contributed by atoms with Crippen LogP contribution in [0.3, 0.4) is 0 Å². The van der Waals surface area contributed by atoms with E-state index >= 15 is 0 Å². The van der Waals surface area contributed by atoms with E-state index in [0.717, 1.165) is 23.4 Å². The van der Waals surface area contributed by atoms with Crippen molar-refractivity contribution in [2.45, 2.75) is 32.2 Å². The van der Waals surface area contributed by atoms with Crippen LogP contribution in [-0.2, 0) is 0 Å². The van der Waals surface area contributed by atoms with Crippen LogP contribution in [-0.4, -0.2) is 24.1 Å². The third-order valence-electron chi connectivity index (χ3n) is 2.87. The maximum atomic E-state index is 4.42. The van der Waals surface area contributed by atoms with Crippen LogP contribution in [0.25, 0.3) is 0 Å². The summed E-state index contributed by atoms with van der Waals surface area (Å²) in [6, 6.07) is 2.59. The minimum absolute atomic E-state index is 0.494. The normalized spacial score (nSPS) is 21.5. The summed E-state index contributed by atoms with van der Waals surface area (Å²) in [6.45, 7) is 4.22. The molecule has 88 valence electrons. The van der Waals surface area contributed by atoms with Crippen LogP contribution < -0.4 is 10.6 Å².